The van der Waals surface area contributed by atoms with E-state index in [1.165, 1.54) is 0 Å². The fourth-order valence-corrected chi connectivity index (χ4v) is 2.01. The third kappa shape index (κ3) is 3.84. The molecule has 0 bridgehead atoms. The Bertz CT molecular complexity index is 603. The van der Waals surface area contributed by atoms with E-state index in [9.17, 15) is 4.79 Å². The summed E-state index contributed by atoms with van der Waals surface area (Å²) in [6.45, 7) is 1.22. The molecule has 0 aliphatic carbocycles. The zero-order valence-corrected chi connectivity index (χ0v) is 11.9. The molecule has 1 saturated heterocycles. The normalized spacial score (nSPS) is 17.7. The Labute approximate surface area is 128 Å². The van der Waals surface area contributed by atoms with Gasteiger partial charge in [-0.15, -0.1) is 0 Å². The smallest absolute Gasteiger partial charge is 0.340 e. The molecule has 1 fully saturated rings. The standard InChI is InChI=1S/C17H16O5/c18-17(22-16-12-19-10-11-20-16)13-6-8-15(9-7-13)21-14-4-2-1-3-5-14/h1-9,16H,10-12H2. The molecule has 5 heteroatoms. The van der Waals surface area contributed by atoms with Gasteiger partial charge in [-0.3, -0.25) is 0 Å². The van der Waals surface area contributed by atoms with Crippen LogP contribution in [-0.2, 0) is 14.2 Å². The molecule has 0 radical (unpaired) electrons. The average molecular weight is 300 g/mol. The Morgan fingerprint density at radius 2 is 1.68 bits per heavy atom. The summed E-state index contributed by atoms with van der Waals surface area (Å²) in [5.41, 5.74) is 0.439. The number of rotatable bonds is 4. The summed E-state index contributed by atoms with van der Waals surface area (Å²) in [5, 5.41) is 0. The topological polar surface area (TPSA) is 54.0 Å². The van der Waals surface area contributed by atoms with Gasteiger partial charge in [-0.1, -0.05) is 18.2 Å². The lowest BCUT2D eigenvalue weighted by atomic mass is 10.2. The molecule has 0 amide bonds. The van der Waals surface area contributed by atoms with Gasteiger partial charge < -0.3 is 18.9 Å². The third-order valence-electron chi connectivity index (χ3n) is 3.09. The summed E-state index contributed by atoms with van der Waals surface area (Å²) in [7, 11) is 0. The van der Waals surface area contributed by atoms with E-state index in [1.54, 1.807) is 24.3 Å². The maximum Gasteiger partial charge on any atom is 0.340 e. The van der Waals surface area contributed by atoms with Crippen molar-refractivity contribution in [2.45, 2.75) is 6.29 Å². The first-order chi connectivity index (χ1) is 10.8. The van der Waals surface area contributed by atoms with Crippen LogP contribution in [0.25, 0.3) is 0 Å². The van der Waals surface area contributed by atoms with E-state index in [0.717, 1.165) is 5.75 Å². The lowest BCUT2D eigenvalue weighted by molar-refractivity contribution is -0.186. The fourth-order valence-electron chi connectivity index (χ4n) is 2.01. The molecule has 114 valence electrons. The molecule has 1 aliphatic rings. The molecule has 0 spiro atoms. The van der Waals surface area contributed by atoms with E-state index in [4.69, 9.17) is 18.9 Å². The molecule has 1 unspecified atom stereocenters. The van der Waals surface area contributed by atoms with E-state index >= 15 is 0 Å². The zero-order chi connectivity index (χ0) is 15.2. The summed E-state index contributed by atoms with van der Waals surface area (Å²) in [5.74, 6) is 0.951. The van der Waals surface area contributed by atoms with Gasteiger partial charge in [0.2, 0.25) is 6.29 Å². The van der Waals surface area contributed by atoms with Crippen LogP contribution >= 0.6 is 0 Å². The molecule has 0 N–H and O–H groups in total. The predicted octanol–water partition coefficient (Wildman–Crippen LogP) is 3.01. The molecule has 1 aliphatic heterocycles. The van der Waals surface area contributed by atoms with Crippen LogP contribution in [0.2, 0.25) is 0 Å². The molecule has 0 saturated carbocycles. The third-order valence-corrected chi connectivity index (χ3v) is 3.09. The molecule has 0 aromatic heterocycles. The van der Waals surface area contributed by atoms with Crippen LogP contribution in [0.4, 0.5) is 0 Å². The zero-order valence-electron chi connectivity index (χ0n) is 11.9. The number of benzene rings is 2. The van der Waals surface area contributed by atoms with Crippen LogP contribution in [0, 0.1) is 0 Å². The molecular formula is C17H16O5. The number of ether oxygens (including phenoxy) is 4. The molecule has 3 rings (SSSR count). The number of carbonyl (C=O) groups excluding carboxylic acids is 1. The maximum absolute atomic E-state index is 12.0. The van der Waals surface area contributed by atoms with Crippen molar-refractivity contribution in [2.75, 3.05) is 19.8 Å². The van der Waals surface area contributed by atoms with Crippen molar-refractivity contribution in [3.63, 3.8) is 0 Å². The maximum atomic E-state index is 12.0. The van der Waals surface area contributed by atoms with Crippen LogP contribution in [0.5, 0.6) is 11.5 Å². The van der Waals surface area contributed by atoms with Crippen molar-refractivity contribution < 1.29 is 23.7 Å². The molecule has 5 nitrogen and oxygen atoms in total. The average Bonchev–Trinajstić information content (AvgIpc) is 2.57. The minimum absolute atomic E-state index is 0.265. The van der Waals surface area contributed by atoms with Gasteiger partial charge in [0.25, 0.3) is 0 Å². The Hall–Kier alpha value is -2.37. The van der Waals surface area contributed by atoms with Gasteiger partial charge in [-0.25, -0.2) is 4.79 Å². The summed E-state index contributed by atoms with van der Waals surface area (Å²) in [6.07, 6.45) is -0.638. The Morgan fingerprint density at radius 1 is 0.955 bits per heavy atom. The van der Waals surface area contributed by atoms with Gasteiger partial charge in [-0.2, -0.15) is 0 Å². The van der Waals surface area contributed by atoms with Gasteiger partial charge in [0, 0.05) is 0 Å². The van der Waals surface area contributed by atoms with E-state index < -0.39 is 12.3 Å². The lowest BCUT2D eigenvalue weighted by Crippen LogP contribution is -2.32. The molecule has 1 heterocycles. The lowest BCUT2D eigenvalue weighted by Gasteiger charge is -2.22. The van der Waals surface area contributed by atoms with Gasteiger partial charge in [0.15, 0.2) is 0 Å². The first-order valence-electron chi connectivity index (χ1n) is 7.04. The monoisotopic (exact) mass is 300 g/mol. The number of hydrogen-bond acceptors (Lipinski definition) is 5. The van der Waals surface area contributed by atoms with Crippen LogP contribution in [-0.4, -0.2) is 32.1 Å². The Balaban J connectivity index is 1.59. The van der Waals surface area contributed by atoms with E-state index in [2.05, 4.69) is 0 Å². The van der Waals surface area contributed by atoms with Gasteiger partial charge in [0.05, 0.1) is 18.8 Å². The van der Waals surface area contributed by atoms with E-state index in [0.29, 0.717) is 24.5 Å². The van der Waals surface area contributed by atoms with Crippen LogP contribution in [0.3, 0.4) is 0 Å². The van der Waals surface area contributed by atoms with Crippen molar-refractivity contribution in [3.8, 4) is 11.5 Å². The molecule has 1 atom stereocenters. The fraction of sp³-hybridized carbons (Fsp3) is 0.235. The molecule has 2 aromatic rings. The number of hydrogen-bond donors (Lipinski definition) is 0. The van der Waals surface area contributed by atoms with Crippen molar-refractivity contribution >= 4 is 5.97 Å². The highest BCUT2D eigenvalue weighted by atomic mass is 16.7. The second-order valence-corrected chi connectivity index (χ2v) is 4.72. The van der Waals surface area contributed by atoms with Crippen LogP contribution in [0.1, 0.15) is 10.4 Å². The Kier molecular flexibility index (Phi) is 4.68. The highest BCUT2D eigenvalue weighted by Crippen LogP contribution is 2.21. The van der Waals surface area contributed by atoms with E-state index in [-0.39, 0.29) is 6.61 Å². The molecule has 22 heavy (non-hydrogen) atoms. The largest absolute Gasteiger partial charge is 0.457 e. The molecule has 2 aromatic carbocycles. The summed E-state index contributed by atoms with van der Waals surface area (Å²) in [4.78, 5) is 12.0. The number of esters is 1. The minimum atomic E-state index is -0.638. The van der Waals surface area contributed by atoms with Gasteiger partial charge >= 0.3 is 5.97 Å². The van der Waals surface area contributed by atoms with E-state index in [1.807, 2.05) is 30.3 Å². The van der Waals surface area contributed by atoms with Crippen LogP contribution < -0.4 is 4.74 Å². The summed E-state index contributed by atoms with van der Waals surface area (Å²) >= 11 is 0. The minimum Gasteiger partial charge on any atom is -0.457 e. The quantitative estimate of drug-likeness (QED) is 0.812. The first-order valence-corrected chi connectivity index (χ1v) is 7.04. The second kappa shape index (κ2) is 7.06. The predicted molar refractivity (Wildman–Crippen MR) is 78.9 cm³/mol. The number of carbonyl (C=O) groups is 1. The summed E-state index contributed by atoms with van der Waals surface area (Å²) in [6, 6.07) is 16.2. The second-order valence-electron chi connectivity index (χ2n) is 4.72. The van der Waals surface area contributed by atoms with Crippen molar-refractivity contribution in [1.82, 2.24) is 0 Å². The summed E-state index contributed by atoms with van der Waals surface area (Å²) < 4.78 is 21.3. The molecular weight excluding hydrogens is 284 g/mol. The van der Waals surface area contributed by atoms with Gasteiger partial charge in [-0.05, 0) is 36.4 Å². The van der Waals surface area contributed by atoms with Crippen molar-refractivity contribution in [2.24, 2.45) is 0 Å². The highest BCUT2D eigenvalue weighted by molar-refractivity contribution is 5.89. The Morgan fingerprint density at radius 3 is 2.36 bits per heavy atom. The van der Waals surface area contributed by atoms with Crippen molar-refractivity contribution in [1.29, 1.82) is 0 Å². The SMILES string of the molecule is O=C(OC1COCCO1)c1ccc(Oc2ccccc2)cc1. The van der Waals surface area contributed by atoms with Crippen molar-refractivity contribution in [3.05, 3.63) is 60.2 Å². The first kappa shape index (κ1) is 14.6. The van der Waals surface area contributed by atoms with Crippen LogP contribution in [0.15, 0.2) is 54.6 Å². The number of para-hydroxylation sites is 1. The van der Waals surface area contributed by atoms with Gasteiger partial charge in [0.1, 0.15) is 18.1 Å². The highest BCUT2D eigenvalue weighted by Gasteiger charge is 2.19.